The number of hydrogen-bond donors (Lipinski definition) is 1. The molecule has 2 rings (SSSR count). The molecule has 0 spiro atoms. The van der Waals surface area contributed by atoms with Gasteiger partial charge in [-0.05, 0) is 38.6 Å². The molecule has 0 bridgehead atoms. The minimum Gasteiger partial charge on any atom is -0.379 e. The quantitative estimate of drug-likeness (QED) is 0.695. The summed E-state index contributed by atoms with van der Waals surface area (Å²) in [5, 5.41) is 3.64. The van der Waals surface area contributed by atoms with Crippen LogP contribution in [0.5, 0.6) is 0 Å². The molecular formula is C14H27NO2. The lowest BCUT2D eigenvalue weighted by molar-refractivity contribution is 0.0165. The molecule has 1 aliphatic heterocycles. The van der Waals surface area contributed by atoms with Gasteiger partial charge in [-0.2, -0.15) is 0 Å². The van der Waals surface area contributed by atoms with E-state index in [0.29, 0.717) is 6.10 Å². The molecule has 1 atom stereocenters. The van der Waals surface area contributed by atoms with Crippen molar-refractivity contribution in [3.63, 3.8) is 0 Å². The zero-order valence-electron chi connectivity index (χ0n) is 11.0. The zero-order chi connectivity index (χ0) is 11.8. The van der Waals surface area contributed by atoms with Gasteiger partial charge in [0.2, 0.25) is 0 Å². The molecule has 3 nitrogen and oxygen atoms in total. The van der Waals surface area contributed by atoms with Crippen LogP contribution in [-0.2, 0) is 9.47 Å². The summed E-state index contributed by atoms with van der Waals surface area (Å²) in [5.74, 6) is 0. The second-order valence-corrected chi connectivity index (χ2v) is 5.35. The molecule has 100 valence electrons. The van der Waals surface area contributed by atoms with Gasteiger partial charge < -0.3 is 14.8 Å². The van der Waals surface area contributed by atoms with Gasteiger partial charge >= 0.3 is 0 Å². The Bertz CT molecular complexity index is 187. The van der Waals surface area contributed by atoms with E-state index in [-0.39, 0.29) is 0 Å². The number of ether oxygens (including phenoxy) is 2. The van der Waals surface area contributed by atoms with Crippen LogP contribution in [0.1, 0.15) is 51.4 Å². The Hall–Kier alpha value is -0.120. The van der Waals surface area contributed by atoms with Gasteiger partial charge in [0, 0.05) is 19.3 Å². The smallest absolute Gasteiger partial charge is 0.0809 e. The first-order valence-corrected chi connectivity index (χ1v) is 7.38. The molecule has 1 N–H and O–H groups in total. The molecule has 1 saturated carbocycles. The Balaban J connectivity index is 1.38. The molecule has 0 aromatic heterocycles. The maximum Gasteiger partial charge on any atom is 0.0809 e. The zero-order valence-corrected chi connectivity index (χ0v) is 11.0. The fourth-order valence-electron chi connectivity index (χ4n) is 2.78. The van der Waals surface area contributed by atoms with Crippen molar-refractivity contribution in [2.75, 3.05) is 26.4 Å². The Morgan fingerprint density at radius 1 is 1.06 bits per heavy atom. The summed E-state index contributed by atoms with van der Waals surface area (Å²) in [6.45, 7) is 3.70. The molecule has 0 aromatic rings. The first-order chi connectivity index (χ1) is 8.45. The predicted octanol–water partition coefficient (Wildman–Crippen LogP) is 2.49. The van der Waals surface area contributed by atoms with Crippen LogP contribution in [0.3, 0.4) is 0 Å². The third kappa shape index (κ3) is 5.36. The monoisotopic (exact) mass is 241 g/mol. The van der Waals surface area contributed by atoms with Gasteiger partial charge in [-0.15, -0.1) is 0 Å². The average Bonchev–Trinajstić information content (AvgIpc) is 2.88. The first kappa shape index (κ1) is 13.3. The lowest BCUT2D eigenvalue weighted by Gasteiger charge is -2.22. The van der Waals surface area contributed by atoms with Gasteiger partial charge in [0.15, 0.2) is 0 Å². The van der Waals surface area contributed by atoms with Crippen LogP contribution in [0.2, 0.25) is 0 Å². The van der Waals surface area contributed by atoms with Gasteiger partial charge in [-0.1, -0.05) is 19.3 Å². The van der Waals surface area contributed by atoms with Crippen molar-refractivity contribution in [3.8, 4) is 0 Å². The Labute approximate surface area is 105 Å². The summed E-state index contributed by atoms with van der Waals surface area (Å²) in [4.78, 5) is 0. The van der Waals surface area contributed by atoms with Gasteiger partial charge in [-0.3, -0.25) is 0 Å². The normalized spacial score (nSPS) is 26.5. The van der Waals surface area contributed by atoms with E-state index in [9.17, 15) is 0 Å². The molecule has 1 saturated heterocycles. The van der Waals surface area contributed by atoms with Crippen LogP contribution in [0.15, 0.2) is 0 Å². The van der Waals surface area contributed by atoms with E-state index in [1.165, 1.54) is 44.9 Å². The van der Waals surface area contributed by atoms with Crippen molar-refractivity contribution in [1.82, 2.24) is 5.32 Å². The van der Waals surface area contributed by atoms with E-state index in [4.69, 9.17) is 9.47 Å². The van der Waals surface area contributed by atoms with Gasteiger partial charge in [0.05, 0.1) is 12.7 Å². The summed E-state index contributed by atoms with van der Waals surface area (Å²) in [7, 11) is 0. The Kier molecular flexibility index (Phi) is 6.32. The highest BCUT2D eigenvalue weighted by atomic mass is 16.5. The van der Waals surface area contributed by atoms with E-state index in [2.05, 4.69) is 5.32 Å². The van der Waals surface area contributed by atoms with Crippen LogP contribution in [0.25, 0.3) is 0 Å². The lowest BCUT2D eigenvalue weighted by Crippen LogP contribution is -2.32. The molecule has 3 heteroatoms. The number of rotatable bonds is 7. The van der Waals surface area contributed by atoms with E-state index in [1.54, 1.807) is 0 Å². The van der Waals surface area contributed by atoms with Gasteiger partial charge in [0.1, 0.15) is 0 Å². The van der Waals surface area contributed by atoms with Crippen LogP contribution >= 0.6 is 0 Å². The third-order valence-electron chi connectivity index (χ3n) is 3.83. The SMILES string of the molecule is C1CCC(NCCCOCC2CCCO2)CC1. The molecule has 2 fully saturated rings. The molecular weight excluding hydrogens is 214 g/mol. The van der Waals surface area contributed by atoms with E-state index < -0.39 is 0 Å². The summed E-state index contributed by atoms with van der Waals surface area (Å²) < 4.78 is 11.2. The third-order valence-corrected chi connectivity index (χ3v) is 3.83. The molecule has 1 aliphatic carbocycles. The maximum absolute atomic E-state index is 5.64. The topological polar surface area (TPSA) is 30.5 Å². The highest BCUT2D eigenvalue weighted by molar-refractivity contribution is 4.71. The summed E-state index contributed by atoms with van der Waals surface area (Å²) in [6.07, 6.45) is 10.9. The second kappa shape index (κ2) is 8.06. The van der Waals surface area contributed by atoms with E-state index >= 15 is 0 Å². The Morgan fingerprint density at radius 3 is 2.71 bits per heavy atom. The fourth-order valence-corrected chi connectivity index (χ4v) is 2.78. The minimum absolute atomic E-state index is 0.376. The average molecular weight is 241 g/mol. The lowest BCUT2D eigenvalue weighted by atomic mass is 9.95. The van der Waals surface area contributed by atoms with Crippen molar-refractivity contribution in [2.24, 2.45) is 0 Å². The molecule has 0 aromatic carbocycles. The Morgan fingerprint density at radius 2 is 1.94 bits per heavy atom. The molecule has 0 amide bonds. The van der Waals surface area contributed by atoms with E-state index in [1.807, 2.05) is 0 Å². The van der Waals surface area contributed by atoms with Crippen molar-refractivity contribution in [2.45, 2.75) is 63.5 Å². The van der Waals surface area contributed by atoms with E-state index in [0.717, 1.165) is 38.8 Å². The molecule has 17 heavy (non-hydrogen) atoms. The largest absolute Gasteiger partial charge is 0.379 e. The number of hydrogen-bond acceptors (Lipinski definition) is 3. The van der Waals surface area contributed by atoms with Crippen LogP contribution in [0.4, 0.5) is 0 Å². The van der Waals surface area contributed by atoms with Crippen molar-refractivity contribution >= 4 is 0 Å². The maximum atomic E-state index is 5.64. The molecule has 1 heterocycles. The van der Waals surface area contributed by atoms with Crippen molar-refractivity contribution < 1.29 is 9.47 Å². The van der Waals surface area contributed by atoms with Crippen molar-refractivity contribution in [1.29, 1.82) is 0 Å². The van der Waals surface area contributed by atoms with Crippen LogP contribution in [0, 0.1) is 0 Å². The summed E-state index contributed by atoms with van der Waals surface area (Å²) in [6, 6.07) is 0.780. The highest BCUT2D eigenvalue weighted by Crippen LogP contribution is 2.17. The minimum atomic E-state index is 0.376. The van der Waals surface area contributed by atoms with Crippen LogP contribution < -0.4 is 5.32 Å². The standard InChI is InChI=1S/C14H27NO2/c1-2-6-13(7-3-1)15-9-5-10-16-12-14-8-4-11-17-14/h13-15H,1-12H2. The van der Waals surface area contributed by atoms with Gasteiger partial charge in [0.25, 0.3) is 0 Å². The van der Waals surface area contributed by atoms with Crippen molar-refractivity contribution in [3.05, 3.63) is 0 Å². The molecule has 1 unspecified atom stereocenters. The molecule has 0 radical (unpaired) electrons. The van der Waals surface area contributed by atoms with Crippen LogP contribution in [-0.4, -0.2) is 38.5 Å². The summed E-state index contributed by atoms with van der Waals surface area (Å²) in [5.41, 5.74) is 0. The first-order valence-electron chi connectivity index (χ1n) is 7.38. The second-order valence-electron chi connectivity index (χ2n) is 5.35. The van der Waals surface area contributed by atoms with Gasteiger partial charge in [-0.25, -0.2) is 0 Å². The fraction of sp³-hybridized carbons (Fsp3) is 1.00. The predicted molar refractivity (Wildman–Crippen MR) is 69.3 cm³/mol. The summed E-state index contributed by atoms with van der Waals surface area (Å²) >= 11 is 0. The number of nitrogens with one attached hydrogen (secondary N) is 1. The highest BCUT2D eigenvalue weighted by Gasteiger charge is 2.15. The molecule has 2 aliphatic rings.